The van der Waals surface area contributed by atoms with Crippen molar-refractivity contribution in [2.75, 3.05) is 20.3 Å². The second-order valence-electron chi connectivity index (χ2n) is 4.11. The molecule has 1 fully saturated rings. The molecule has 0 N–H and O–H groups in total. The lowest BCUT2D eigenvalue weighted by molar-refractivity contribution is -0.151. The van der Waals surface area contributed by atoms with Crippen LogP contribution in [-0.4, -0.2) is 38.4 Å². The van der Waals surface area contributed by atoms with Gasteiger partial charge in [-0.2, -0.15) is 0 Å². The van der Waals surface area contributed by atoms with Crippen LogP contribution in [0.2, 0.25) is 0 Å². The summed E-state index contributed by atoms with van der Waals surface area (Å²) in [6.07, 6.45) is 3.92. The van der Waals surface area contributed by atoms with Gasteiger partial charge in [-0.05, 0) is 25.7 Å². The molecule has 0 radical (unpaired) electrons. The van der Waals surface area contributed by atoms with Gasteiger partial charge in [0.15, 0.2) is 0 Å². The van der Waals surface area contributed by atoms with Crippen molar-refractivity contribution in [2.45, 2.75) is 44.6 Å². The van der Waals surface area contributed by atoms with Crippen LogP contribution in [0, 0.1) is 0 Å². The summed E-state index contributed by atoms with van der Waals surface area (Å²) in [5.74, 6) is -0.414. The van der Waals surface area contributed by atoms with Crippen molar-refractivity contribution in [1.29, 1.82) is 0 Å². The number of hydrogen-bond acceptors (Lipinski definition) is 5. The van der Waals surface area contributed by atoms with E-state index in [9.17, 15) is 9.59 Å². The molecule has 0 bridgehead atoms. The van der Waals surface area contributed by atoms with E-state index in [0.717, 1.165) is 19.3 Å². The number of cyclic esters (lactones) is 1. The van der Waals surface area contributed by atoms with E-state index in [1.165, 1.54) is 0 Å². The van der Waals surface area contributed by atoms with Crippen molar-refractivity contribution in [3.63, 3.8) is 0 Å². The molecule has 0 spiro atoms. The molecule has 1 aliphatic heterocycles. The Morgan fingerprint density at radius 2 is 2.24 bits per heavy atom. The predicted molar refractivity (Wildman–Crippen MR) is 60.4 cm³/mol. The van der Waals surface area contributed by atoms with Crippen LogP contribution in [0.3, 0.4) is 0 Å². The first-order chi connectivity index (χ1) is 8.22. The zero-order valence-electron chi connectivity index (χ0n) is 10.3. The summed E-state index contributed by atoms with van der Waals surface area (Å²) in [6.45, 7) is 0.684. The molecule has 1 unspecified atom stereocenters. The lowest BCUT2D eigenvalue weighted by Gasteiger charge is -2.14. The average Bonchev–Trinajstić information content (AvgIpc) is 2.51. The molecule has 0 aromatic carbocycles. The summed E-state index contributed by atoms with van der Waals surface area (Å²) in [4.78, 5) is 22.5. The molecule has 0 saturated carbocycles. The summed E-state index contributed by atoms with van der Waals surface area (Å²) in [7, 11) is 1.55. The molecule has 5 nitrogen and oxygen atoms in total. The third-order valence-corrected chi connectivity index (χ3v) is 2.68. The third-order valence-electron chi connectivity index (χ3n) is 2.68. The Morgan fingerprint density at radius 1 is 1.41 bits per heavy atom. The molecule has 1 aliphatic rings. The molecule has 0 aromatic heterocycles. The Bertz CT molecular complexity index is 251. The molecule has 1 atom stereocenters. The highest BCUT2D eigenvalue weighted by Gasteiger charge is 2.19. The number of esters is 2. The Hall–Kier alpha value is -1.10. The quantitative estimate of drug-likeness (QED) is 0.522. The fourth-order valence-electron chi connectivity index (χ4n) is 1.74. The second-order valence-corrected chi connectivity index (χ2v) is 4.11. The van der Waals surface area contributed by atoms with Gasteiger partial charge in [0, 0.05) is 20.0 Å². The summed E-state index contributed by atoms with van der Waals surface area (Å²) in [6, 6.07) is 0. The highest BCUT2D eigenvalue weighted by atomic mass is 16.6. The van der Waals surface area contributed by atoms with Crippen molar-refractivity contribution in [2.24, 2.45) is 0 Å². The maximum Gasteiger partial charge on any atom is 0.306 e. The Kier molecular flexibility index (Phi) is 6.62. The molecule has 5 heteroatoms. The minimum Gasteiger partial charge on any atom is -0.463 e. The van der Waals surface area contributed by atoms with Gasteiger partial charge in [0.25, 0.3) is 0 Å². The van der Waals surface area contributed by atoms with E-state index in [2.05, 4.69) is 0 Å². The standard InChI is InChI=1S/C12H20O5/c1-15-8-9-16-11(13)7-6-10-4-2-3-5-12(14)17-10/h10H,2-9H2,1H3. The van der Waals surface area contributed by atoms with Crippen LogP contribution in [0.25, 0.3) is 0 Å². The van der Waals surface area contributed by atoms with Crippen molar-refractivity contribution in [1.82, 2.24) is 0 Å². The van der Waals surface area contributed by atoms with Gasteiger partial charge in [-0.15, -0.1) is 0 Å². The normalized spacial score (nSPS) is 20.5. The van der Waals surface area contributed by atoms with E-state index < -0.39 is 0 Å². The Morgan fingerprint density at radius 3 is 3.00 bits per heavy atom. The van der Waals surface area contributed by atoms with Gasteiger partial charge in [-0.1, -0.05) is 0 Å². The van der Waals surface area contributed by atoms with Crippen LogP contribution >= 0.6 is 0 Å². The van der Waals surface area contributed by atoms with E-state index in [-0.39, 0.29) is 24.6 Å². The average molecular weight is 244 g/mol. The lowest BCUT2D eigenvalue weighted by Crippen LogP contribution is -2.18. The third kappa shape index (κ3) is 6.26. The molecule has 98 valence electrons. The summed E-state index contributed by atoms with van der Waals surface area (Å²) >= 11 is 0. The molecule has 1 rings (SSSR count). The fraction of sp³-hybridized carbons (Fsp3) is 0.833. The van der Waals surface area contributed by atoms with Crippen LogP contribution in [0.4, 0.5) is 0 Å². The van der Waals surface area contributed by atoms with Gasteiger partial charge in [0.05, 0.1) is 6.61 Å². The number of carbonyl (C=O) groups excluding carboxylic acids is 2. The molecule has 1 saturated heterocycles. The topological polar surface area (TPSA) is 61.8 Å². The molecule has 17 heavy (non-hydrogen) atoms. The Balaban J connectivity index is 2.15. The number of ether oxygens (including phenoxy) is 3. The van der Waals surface area contributed by atoms with Gasteiger partial charge in [0.2, 0.25) is 0 Å². The van der Waals surface area contributed by atoms with Crippen molar-refractivity contribution in [3.05, 3.63) is 0 Å². The highest BCUT2D eigenvalue weighted by Crippen LogP contribution is 2.18. The lowest BCUT2D eigenvalue weighted by atomic mass is 10.1. The predicted octanol–water partition coefficient (Wildman–Crippen LogP) is 1.44. The van der Waals surface area contributed by atoms with E-state index in [1.807, 2.05) is 0 Å². The number of carbonyl (C=O) groups is 2. The number of hydrogen-bond donors (Lipinski definition) is 0. The van der Waals surface area contributed by atoms with Gasteiger partial charge >= 0.3 is 11.9 Å². The molecule has 1 heterocycles. The molecule has 0 aromatic rings. The highest BCUT2D eigenvalue weighted by molar-refractivity contribution is 5.70. The fourth-order valence-corrected chi connectivity index (χ4v) is 1.74. The van der Waals surface area contributed by atoms with Crippen LogP contribution in [0.5, 0.6) is 0 Å². The van der Waals surface area contributed by atoms with Crippen LogP contribution in [0.15, 0.2) is 0 Å². The van der Waals surface area contributed by atoms with Crippen LogP contribution in [-0.2, 0) is 23.8 Å². The minimum absolute atomic E-state index is 0.125. The Labute approximate surface area is 101 Å². The van der Waals surface area contributed by atoms with Crippen molar-refractivity contribution >= 4 is 11.9 Å². The molecule has 0 aliphatic carbocycles. The molecule has 0 amide bonds. The van der Waals surface area contributed by atoms with E-state index >= 15 is 0 Å². The SMILES string of the molecule is COCCOC(=O)CCC1CCCCC(=O)O1. The van der Waals surface area contributed by atoms with Crippen LogP contribution in [0.1, 0.15) is 38.5 Å². The summed E-state index contributed by atoms with van der Waals surface area (Å²) < 4.78 is 14.9. The zero-order chi connectivity index (χ0) is 12.5. The first-order valence-electron chi connectivity index (χ1n) is 6.06. The molecular weight excluding hydrogens is 224 g/mol. The maximum atomic E-state index is 11.3. The van der Waals surface area contributed by atoms with Crippen LogP contribution < -0.4 is 0 Å². The summed E-state index contributed by atoms with van der Waals surface area (Å²) in [5, 5.41) is 0. The van der Waals surface area contributed by atoms with Gasteiger partial charge in [0.1, 0.15) is 12.7 Å². The zero-order valence-corrected chi connectivity index (χ0v) is 10.3. The van der Waals surface area contributed by atoms with Gasteiger partial charge in [-0.3, -0.25) is 9.59 Å². The van der Waals surface area contributed by atoms with Crippen molar-refractivity contribution < 1.29 is 23.8 Å². The smallest absolute Gasteiger partial charge is 0.306 e. The van der Waals surface area contributed by atoms with Gasteiger partial charge in [-0.25, -0.2) is 0 Å². The number of methoxy groups -OCH3 is 1. The first kappa shape index (κ1) is 14.0. The maximum absolute atomic E-state index is 11.3. The monoisotopic (exact) mass is 244 g/mol. The number of rotatable bonds is 6. The summed E-state index contributed by atoms with van der Waals surface area (Å²) in [5.41, 5.74) is 0. The molecular formula is C12H20O5. The van der Waals surface area contributed by atoms with Crippen molar-refractivity contribution in [3.8, 4) is 0 Å². The second kappa shape index (κ2) is 8.06. The van der Waals surface area contributed by atoms with Gasteiger partial charge < -0.3 is 14.2 Å². The first-order valence-corrected chi connectivity index (χ1v) is 6.06. The van der Waals surface area contributed by atoms with E-state index in [4.69, 9.17) is 14.2 Å². The largest absolute Gasteiger partial charge is 0.463 e. The van der Waals surface area contributed by atoms with E-state index in [1.54, 1.807) is 7.11 Å². The van der Waals surface area contributed by atoms with E-state index in [0.29, 0.717) is 25.9 Å². The minimum atomic E-state index is -0.262.